The molecule has 3 N–H and O–H groups in total. The number of hydrogen-bond acceptors (Lipinski definition) is 4. The number of hydrogen-bond donors (Lipinski definition) is 3. The van der Waals surface area contributed by atoms with Crippen LogP contribution < -0.4 is 9.04 Å². The molecule has 158 valence electrons. The average Bonchev–Trinajstić information content (AvgIpc) is 2.58. The monoisotopic (exact) mass is 433 g/mol. The molecule has 0 fully saturated rings. The Hall–Kier alpha value is -2.79. The van der Waals surface area contributed by atoms with Gasteiger partial charge in [0, 0.05) is 0 Å². The summed E-state index contributed by atoms with van der Waals surface area (Å²) in [5.74, 6) is -3.07. The standard InChI is InChI=1S/C18H18F3NO6S/c1-10(2)16(17(24)25)22(29(26)27)14-8-5-12(9-15(14)28-18(19,20)21)11-3-6-13(23)7-4-11/h3-10,16,23H,1-2H3,(H,24,25)(H,26,27). The zero-order valence-corrected chi connectivity index (χ0v) is 16.1. The largest absolute Gasteiger partial charge is 0.573 e. The fourth-order valence-electron chi connectivity index (χ4n) is 2.72. The molecule has 0 saturated heterocycles. The van der Waals surface area contributed by atoms with Gasteiger partial charge >= 0.3 is 12.3 Å². The van der Waals surface area contributed by atoms with Crippen LogP contribution in [0.15, 0.2) is 42.5 Å². The molecule has 0 spiro atoms. The highest BCUT2D eigenvalue weighted by Crippen LogP contribution is 2.39. The van der Waals surface area contributed by atoms with E-state index in [0.717, 1.165) is 12.1 Å². The molecule has 0 heterocycles. The van der Waals surface area contributed by atoms with Gasteiger partial charge < -0.3 is 14.9 Å². The van der Waals surface area contributed by atoms with Crippen molar-refractivity contribution in [2.24, 2.45) is 5.92 Å². The van der Waals surface area contributed by atoms with E-state index in [1.807, 2.05) is 0 Å². The Morgan fingerprint density at radius 3 is 2.10 bits per heavy atom. The average molecular weight is 433 g/mol. The number of ether oxygens (including phenoxy) is 1. The molecule has 2 unspecified atom stereocenters. The van der Waals surface area contributed by atoms with Crippen LogP contribution in [-0.2, 0) is 16.1 Å². The number of nitrogens with zero attached hydrogens (tertiary/aromatic N) is 1. The Balaban J connectivity index is 2.66. The summed E-state index contributed by atoms with van der Waals surface area (Å²) in [5.41, 5.74) is 0.191. The van der Waals surface area contributed by atoms with E-state index in [1.54, 1.807) is 0 Å². The Morgan fingerprint density at radius 2 is 1.66 bits per heavy atom. The maximum Gasteiger partial charge on any atom is 0.573 e. The van der Waals surface area contributed by atoms with E-state index in [4.69, 9.17) is 0 Å². The Labute approximate surface area is 166 Å². The van der Waals surface area contributed by atoms with Gasteiger partial charge in [0.2, 0.25) is 0 Å². The lowest BCUT2D eigenvalue weighted by molar-refractivity contribution is -0.274. The lowest BCUT2D eigenvalue weighted by Gasteiger charge is -2.31. The Morgan fingerprint density at radius 1 is 1.10 bits per heavy atom. The highest BCUT2D eigenvalue weighted by molar-refractivity contribution is 7.80. The van der Waals surface area contributed by atoms with E-state index in [0.29, 0.717) is 9.87 Å². The first-order valence-corrected chi connectivity index (χ1v) is 9.29. The molecule has 0 radical (unpaired) electrons. The number of phenols is 1. The van der Waals surface area contributed by atoms with Crippen molar-refractivity contribution in [2.45, 2.75) is 26.3 Å². The number of rotatable bonds is 7. The zero-order valence-electron chi connectivity index (χ0n) is 15.3. The van der Waals surface area contributed by atoms with Crippen LogP contribution in [-0.4, -0.2) is 37.3 Å². The van der Waals surface area contributed by atoms with E-state index in [1.165, 1.54) is 44.2 Å². The second-order valence-corrected chi connectivity index (χ2v) is 7.22. The fraction of sp³-hybridized carbons (Fsp3) is 0.278. The van der Waals surface area contributed by atoms with Crippen molar-refractivity contribution in [3.63, 3.8) is 0 Å². The number of anilines is 1. The van der Waals surface area contributed by atoms with E-state index < -0.39 is 47.0 Å². The molecular formula is C18H18F3NO6S. The third-order valence-corrected chi connectivity index (χ3v) is 4.69. The first-order valence-electron chi connectivity index (χ1n) is 8.23. The number of carboxylic acid groups (broad SMARTS) is 1. The third-order valence-electron chi connectivity index (χ3n) is 3.93. The third kappa shape index (κ3) is 5.61. The number of aliphatic carboxylic acids is 1. The van der Waals surface area contributed by atoms with E-state index in [2.05, 4.69) is 4.74 Å². The minimum Gasteiger partial charge on any atom is -0.508 e. The lowest BCUT2D eigenvalue weighted by atomic mass is 10.0. The number of alkyl halides is 3. The predicted octanol–water partition coefficient (Wildman–Crippen LogP) is 4.01. The molecule has 11 heteroatoms. The second kappa shape index (κ2) is 8.70. The van der Waals surface area contributed by atoms with Crippen LogP contribution >= 0.6 is 0 Å². The number of carbonyl (C=O) groups is 1. The van der Waals surface area contributed by atoms with Crippen LogP contribution in [0.4, 0.5) is 18.9 Å². The van der Waals surface area contributed by atoms with Gasteiger partial charge in [-0.2, -0.15) is 0 Å². The maximum atomic E-state index is 13.0. The summed E-state index contributed by atoms with van der Waals surface area (Å²) in [7, 11) is 0. The van der Waals surface area contributed by atoms with Gasteiger partial charge in [-0.15, -0.1) is 13.2 Å². The summed E-state index contributed by atoms with van der Waals surface area (Å²) in [6.07, 6.45) is -5.12. The van der Waals surface area contributed by atoms with Crippen molar-refractivity contribution in [3.05, 3.63) is 42.5 Å². The molecule has 0 aliphatic rings. The van der Waals surface area contributed by atoms with Crippen LogP contribution in [0, 0.1) is 5.92 Å². The lowest BCUT2D eigenvalue weighted by Crippen LogP contribution is -2.46. The number of halogens is 3. The summed E-state index contributed by atoms with van der Waals surface area (Å²) < 4.78 is 64.9. The van der Waals surface area contributed by atoms with Gasteiger partial charge in [0.15, 0.2) is 5.75 Å². The van der Waals surface area contributed by atoms with E-state index in [-0.39, 0.29) is 11.3 Å². The molecule has 0 saturated carbocycles. The minimum atomic E-state index is -5.12. The number of carboxylic acids is 1. The highest BCUT2D eigenvalue weighted by atomic mass is 32.2. The smallest absolute Gasteiger partial charge is 0.508 e. The van der Waals surface area contributed by atoms with E-state index in [9.17, 15) is 36.9 Å². The predicted molar refractivity (Wildman–Crippen MR) is 99.7 cm³/mol. The number of phenolic OH excluding ortho intramolecular Hbond substituents is 1. The van der Waals surface area contributed by atoms with Crippen LogP contribution in [0.3, 0.4) is 0 Å². The van der Waals surface area contributed by atoms with Crippen molar-refractivity contribution >= 4 is 22.9 Å². The molecule has 2 aromatic carbocycles. The molecule has 0 aliphatic carbocycles. The van der Waals surface area contributed by atoms with Crippen molar-refractivity contribution in [1.82, 2.24) is 0 Å². The van der Waals surface area contributed by atoms with Gasteiger partial charge in [-0.3, -0.25) is 8.86 Å². The minimum absolute atomic E-state index is 0.0415. The van der Waals surface area contributed by atoms with Crippen LogP contribution in [0.1, 0.15) is 13.8 Å². The van der Waals surface area contributed by atoms with Gasteiger partial charge in [0.25, 0.3) is 11.3 Å². The first-order chi connectivity index (χ1) is 13.4. The van der Waals surface area contributed by atoms with Gasteiger partial charge in [0.1, 0.15) is 11.8 Å². The SMILES string of the molecule is CC(C)C(C(=O)O)N(c1ccc(-c2ccc(O)cc2)cc1OC(F)(F)F)S(=O)O. The molecule has 7 nitrogen and oxygen atoms in total. The summed E-state index contributed by atoms with van der Waals surface area (Å²) >= 11 is -2.95. The van der Waals surface area contributed by atoms with Crippen LogP contribution in [0.25, 0.3) is 11.1 Å². The first kappa shape index (κ1) is 22.5. The normalized spacial score (nSPS) is 13.8. The molecule has 0 aliphatic heterocycles. The summed E-state index contributed by atoms with van der Waals surface area (Å²) in [6, 6.07) is 7.41. The van der Waals surface area contributed by atoms with Crippen molar-refractivity contribution in [3.8, 4) is 22.6 Å². The molecule has 0 amide bonds. The molecule has 2 aromatic rings. The second-order valence-electron chi connectivity index (χ2n) is 6.36. The van der Waals surface area contributed by atoms with Crippen LogP contribution in [0.2, 0.25) is 0 Å². The van der Waals surface area contributed by atoms with Gasteiger partial charge in [-0.1, -0.05) is 32.0 Å². The molecule has 0 bridgehead atoms. The van der Waals surface area contributed by atoms with Crippen molar-refractivity contribution in [2.75, 3.05) is 4.31 Å². The highest BCUT2D eigenvalue weighted by Gasteiger charge is 2.38. The van der Waals surface area contributed by atoms with Gasteiger partial charge in [-0.05, 0) is 41.3 Å². The van der Waals surface area contributed by atoms with Crippen molar-refractivity contribution < 1.29 is 41.7 Å². The molecule has 2 rings (SSSR count). The fourth-order valence-corrected chi connectivity index (χ4v) is 3.57. The maximum absolute atomic E-state index is 13.0. The molecule has 29 heavy (non-hydrogen) atoms. The Bertz CT molecular complexity index is 901. The number of benzene rings is 2. The summed E-state index contributed by atoms with van der Waals surface area (Å²) in [6.45, 7) is 2.90. The number of aromatic hydroxyl groups is 1. The summed E-state index contributed by atoms with van der Waals surface area (Å²) in [4.78, 5) is 11.6. The van der Waals surface area contributed by atoms with E-state index >= 15 is 0 Å². The molecule has 2 atom stereocenters. The van der Waals surface area contributed by atoms with Gasteiger partial charge in [0.05, 0.1) is 5.69 Å². The quantitative estimate of drug-likeness (QED) is 0.570. The topological polar surface area (TPSA) is 107 Å². The summed E-state index contributed by atoms with van der Waals surface area (Å²) in [5, 5.41) is 18.8. The zero-order chi connectivity index (χ0) is 21.9. The van der Waals surface area contributed by atoms with Crippen LogP contribution in [0.5, 0.6) is 11.5 Å². The van der Waals surface area contributed by atoms with Crippen molar-refractivity contribution in [1.29, 1.82) is 0 Å². The Kier molecular flexibility index (Phi) is 6.75. The molecule has 0 aromatic heterocycles. The van der Waals surface area contributed by atoms with Gasteiger partial charge in [-0.25, -0.2) is 9.00 Å². The molecular weight excluding hydrogens is 415 g/mol.